The van der Waals surface area contributed by atoms with E-state index < -0.39 is 0 Å². The molecular weight excluding hydrogens is 234 g/mol. The lowest BCUT2D eigenvalue weighted by molar-refractivity contribution is 0.324. The Morgan fingerprint density at radius 3 is 2.79 bits per heavy atom. The highest BCUT2D eigenvalue weighted by molar-refractivity contribution is 5.57. The van der Waals surface area contributed by atoms with E-state index in [-0.39, 0.29) is 11.6 Å². The second kappa shape index (κ2) is 5.22. The number of aryl methyl sites for hydroxylation is 2. The number of nitrogens with zero attached hydrogens (tertiary/aromatic N) is 2. The fourth-order valence-electron chi connectivity index (χ4n) is 3.08. The molecule has 0 bridgehead atoms. The Balaban J connectivity index is 2.43. The van der Waals surface area contributed by atoms with Crippen LogP contribution < -0.4 is 10.2 Å². The summed E-state index contributed by atoms with van der Waals surface area (Å²) in [7, 11) is 0. The van der Waals surface area contributed by atoms with Crippen molar-refractivity contribution in [2.45, 2.75) is 45.7 Å². The molecule has 0 radical (unpaired) electrons. The lowest BCUT2D eigenvalue weighted by atomic mass is 9.92. The van der Waals surface area contributed by atoms with E-state index in [1.165, 1.54) is 16.8 Å². The summed E-state index contributed by atoms with van der Waals surface area (Å²) in [5, 5.41) is 12.5. The van der Waals surface area contributed by atoms with Crippen LogP contribution in [0, 0.1) is 25.2 Å². The quantitative estimate of drug-likeness (QED) is 0.885. The van der Waals surface area contributed by atoms with E-state index in [0.29, 0.717) is 6.42 Å². The van der Waals surface area contributed by atoms with Gasteiger partial charge in [0.1, 0.15) is 0 Å². The number of rotatable bonds is 2. The van der Waals surface area contributed by atoms with Gasteiger partial charge in [-0.15, -0.1) is 0 Å². The molecule has 1 aliphatic heterocycles. The summed E-state index contributed by atoms with van der Waals surface area (Å²) in [5.74, 6) is 0. The molecular formula is C16H23N3. The Kier molecular flexibility index (Phi) is 3.82. The highest BCUT2D eigenvalue weighted by atomic mass is 15.3. The van der Waals surface area contributed by atoms with Crippen LogP contribution in [0.2, 0.25) is 0 Å². The highest BCUT2D eigenvalue weighted by Crippen LogP contribution is 2.32. The molecule has 0 amide bonds. The van der Waals surface area contributed by atoms with Crippen LogP contribution in [-0.2, 0) is 0 Å². The Labute approximate surface area is 116 Å². The van der Waals surface area contributed by atoms with Crippen molar-refractivity contribution in [3.05, 3.63) is 29.3 Å². The predicted molar refractivity (Wildman–Crippen MR) is 79.4 cm³/mol. The predicted octanol–water partition coefficient (Wildman–Crippen LogP) is 2.77. The molecule has 3 heteroatoms. The number of nitriles is 1. The van der Waals surface area contributed by atoms with E-state index >= 15 is 0 Å². The van der Waals surface area contributed by atoms with Crippen LogP contribution >= 0.6 is 0 Å². The Bertz CT molecular complexity index is 499. The lowest BCUT2D eigenvalue weighted by Crippen LogP contribution is -2.63. The number of nitrogens with one attached hydrogen (secondary N) is 1. The van der Waals surface area contributed by atoms with Crippen molar-refractivity contribution in [3.63, 3.8) is 0 Å². The standard InChI is InChI=1S/C16H23N3/c1-12-5-6-15(13(2)9-12)19-14(7-8-17)10-18-11-16(19,3)4/h5-6,9,14,18H,7,10-11H2,1-4H3. The average molecular weight is 257 g/mol. The summed E-state index contributed by atoms with van der Waals surface area (Å²) in [6, 6.07) is 9.14. The SMILES string of the molecule is Cc1ccc(N2C(CC#N)CNCC2(C)C)c(C)c1. The van der Waals surface area contributed by atoms with Crippen LogP contribution in [-0.4, -0.2) is 24.7 Å². The molecule has 1 saturated heterocycles. The molecule has 1 aromatic carbocycles. The minimum Gasteiger partial charge on any atom is -0.360 e. The van der Waals surface area contributed by atoms with Crippen LogP contribution in [0.15, 0.2) is 18.2 Å². The molecule has 3 nitrogen and oxygen atoms in total. The first-order valence-electron chi connectivity index (χ1n) is 6.90. The molecule has 19 heavy (non-hydrogen) atoms. The summed E-state index contributed by atoms with van der Waals surface area (Å²) in [5.41, 5.74) is 3.86. The first-order chi connectivity index (χ1) is 8.95. The summed E-state index contributed by atoms with van der Waals surface area (Å²) < 4.78 is 0. The number of benzene rings is 1. The number of anilines is 1. The average Bonchev–Trinajstić information content (AvgIpc) is 2.31. The molecule has 1 heterocycles. The minimum absolute atomic E-state index is 0.0276. The molecule has 0 aliphatic carbocycles. The molecule has 0 aromatic heterocycles. The smallest absolute Gasteiger partial charge is 0.0643 e. The summed E-state index contributed by atoms with van der Waals surface area (Å²) in [6.07, 6.45) is 0.559. The van der Waals surface area contributed by atoms with Crippen LogP contribution in [0.3, 0.4) is 0 Å². The van der Waals surface area contributed by atoms with Crippen molar-refractivity contribution in [1.82, 2.24) is 5.32 Å². The number of piperazine rings is 1. The van der Waals surface area contributed by atoms with E-state index in [9.17, 15) is 0 Å². The number of hydrogen-bond acceptors (Lipinski definition) is 3. The van der Waals surface area contributed by atoms with Crippen LogP contribution in [0.25, 0.3) is 0 Å². The van der Waals surface area contributed by atoms with Gasteiger partial charge in [0.25, 0.3) is 0 Å². The topological polar surface area (TPSA) is 39.1 Å². The van der Waals surface area contributed by atoms with Gasteiger partial charge in [-0.25, -0.2) is 0 Å². The first kappa shape index (κ1) is 13.9. The van der Waals surface area contributed by atoms with Crippen molar-refractivity contribution in [2.24, 2.45) is 0 Å². The second-order valence-corrected chi connectivity index (χ2v) is 6.12. The van der Waals surface area contributed by atoms with E-state index in [1.807, 2.05) is 0 Å². The van der Waals surface area contributed by atoms with Gasteiger partial charge in [-0.1, -0.05) is 17.7 Å². The van der Waals surface area contributed by atoms with Gasteiger partial charge in [-0.3, -0.25) is 0 Å². The third kappa shape index (κ3) is 2.74. The molecule has 0 spiro atoms. The summed E-state index contributed by atoms with van der Waals surface area (Å²) in [6.45, 7) is 10.6. The third-order valence-corrected chi connectivity index (χ3v) is 3.89. The van der Waals surface area contributed by atoms with Gasteiger partial charge in [-0.2, -0.15) is 5.26 Å². The zero-order valence-electron chi connectivity index (χ0n) is 12.3. The zero-order chi connectivity index (χ0) is 14.0. The van der Waals surface area contributed by atoms with E-state index in [2.05, 4.69) is 62.2 Å². The molecule has 0 saturated carbocycles. The monoisotopic (exact) mass is 257 g/mol. The summed E-state index contributed by atoms with van der Waals surface area (Å²) in [4.78, 5) is 2.43. The zero-order valence-corrected chi connectivity index (χ0v) is 12.3. The van der Waals surface area contributed by atoms with Gasteiger partial charge in [0.05, 0.1) is 18.5 Å². The minimum atomic E-state index is 0.0276. The van der Waals surface area contributed by atoms with Crippen molar-refractivity contribution >= 4 is 5.69 Å². The highest BCUT2D eigenvalue weighted by Gasteiger charge is 2.36. The van der Waals surface area contributed by atoms with Crippen molar-refractivity contribution in [2.75, 3.05) is 18.0 Å². The van der Waals surface area contributed by atoms with Crippen molar-refractivity contribution < 1.29 is 0 Å². The van der Waals surface area contributed by atoms with Gasteiger partial charge in [0, 0.05) is 24.3 Å². The van der Waals surface area contributed by atoms with E-state index in [0.717, 1.165) is 13.1 Å². The third-order valence-electron chi connectivity index (χ3n) is 3.89. The Morgan fingerprint density at radius 2 is 2.16 bits per heavy atom. The normalized spacial score (nSPS) is 22.1. The fraction of sp³-hybridized carbons (Fsp3) is 0.562. The van der Waals surface area contributed by atoms with Gasteiger partial charge in [-0.05, 0) is 39.3 Å². The Morgan fingerprint density at radius 1 is 1.42 bits per heavy atom. The maximum atomic E-state index is 9.06. The maximum Gasteiger partial charge on any atom is 0.0643 e. The van der Waals surface area contributed by atoms with Gasteiger partial charge in [0.15, 0.2) is 0 Å². The second-order valence-electron chi connectivity index (χ2n) is 6.12. The van der Waals surface area contributed by atoms with Gasteiger partial charge < -0.3 is 10.2 Å². The molecule has 1 N–H and O–H groups in total. The first-order valence-corrected chi connectivity index (χ1v) is 6.90. The molecule has 1 fully saturated rings. The van der Waals surface area contributed by atoms with Crippen LogP contribution in [0.4, 0.5) is 5.69 Å². The molecule has 1 aromatic rings. The maximum absolute atomic E-state index is 9.06. The van der Waals surface area contributed by atoms with E-state index in [1.54, 1.807) is 0 Å². The van der Waals surface area contributed by atoms with Gasteiger partial charge in [0.2, 0.25) is 0 Å². The van der Waals surface area contributed by atoms with Crippen molar-refractivity contribution in [1.29, 1.82) is 5.26 Å². The molecule has 2 rings (SSSR count). The molecule has 1 atom stereocenters. The molecule has 1 unspecified atom stereocenters. The largest absolute Gasteiger partial charge is 0.360 e. The van der Waals surface area contributed by atoms with Crippen LogP contribution in [0.1, 0.15) is 31.4 Å². The van der Waals surface area contributed by atoms with E-state index in [4.69, 9.17) is 5.26 Å². The fourth-order valence-corrected chi connectivity index (χ4v) is 3.08. The van der Waals surface area contributed by atoms with Crippen LogP contribution in [0.5, 0.6) is 0 Å². The van der Waals surface area contributed by atoms with Crippen molar-refractivity contribution in [3.8, 4) is 6.07 Å². The Hall–Kier alpha value is -1.53. The molecule has 1 aliphatic rings. The lowest BCUT2D eigenvalue weighted by Gasteiger charge is -2.49. The summed E-state index contributed by atoms with van der Waals surface area (Å²) >= 11 is 0. The molecule has 102 valence electrons. The number of hydrogen-bond donors (Lipinski definition) is 1. The van der Waals surface area contributed by atoms with Gasteiger partial charge >= 0.3 is 0 Å².